The SMILES string of the molecule is Nc1cc(Cl)cc(-c2nc(CCc3ccccc3)no2)c1. The summed E-state index contributed by atoms with van der Waals surface area (Å²) in [5.74, 6) is 1.11. The lowest BCUT2D eigenvalue weighted by molar-refractivity contribution is 0.422. The van der Waals surface area contributed by atoms with Crippen molar-refractivity contribution in [2.75, 3.05) is 5.73 Å². The highest BCUT2D eigenvalue weighted by atomic mass is 35.5. The fraction of sp³-hybridized carbons (Fsp3) is 0.125. The Morgan fingerprint density at radius 3 is 2.62 bits per heavy atom. The van der Waals surface area contributed by atoms with Gasteiger partial charge < -0.3 is 10.3 Å². The maximum atomic E-state index is 5.98. The molecule has 0 bridgehead atoms. The van der Waals surface area contributed by atoms with Crippen LogP contribution in [0.5, 0.6) is 0 Å². The van der Waals surface area contributed by atoms with Crippen LogP contribution in [0.15, 0.2) is 53.1 Å². The Labute approximate surface area is 127 Å². The first-order valence-corrected chi connectivity index (χ1v) is 7.01. The van der Waals surface area contributed by atoms with Crippen molar-refractivity contribution in [3.8, 4) is 11.5 Å². The van der Waals surface area contributed by atoms with Crippen LogP contribution in [0, 0.1) is 0 Å². The van der Waals surface area contributed by atoms with Gasteiger partial charge in [-0.1, -0.05) is 47.1 Å². The molecule has 2 aromatic carbocycles. The normalized spacial score (nSPS) is 10.7. The second kappa shape index (κ2) is 5.97. The predicted octanol–water partition coefficient (Wildman–Crippen LogP) is 3.76. The van der Waals surface area contributed by atoms with Crippen LogP contribution in [0.1, 0.15) is 11.4 Å². The molecule has 2 N–H and O–H groups in total. The van der Waals surface area contributed by atoms with Gasteiger partial charge in [-0.05, 0) is 30.2 Å². The molecule has 0 aliphatic rings. The van der Waals surface area contributed by atoms with Gasteiger partial charge in [0.15, 0.2) is 5.82 Å². The van der Waals surface area contributed by atoms with E-state index in [1.807, 2.05) is 18.2 Å². The molecular weight excluding hydrogens is 286 g/mol. The smallest absolute Gasteiger partial charge is 0.258 e. The van der Waals surface area contributed by atoms with Crippen molar-refractivity contribution in [3.05, 3.63) is 64.9 Å². The van der Waals surface area contributed by atoms with Crippen LogP contribution in [-0.2, 0) is 12.8 Å². The molecule has 1 aromatic heterocycles. The summed E-state index contributed by atoms with van der Waals surface area (Å²) in [5, 5.41) is 4.55. The monoisotopic (exact) mass is 299 g/mol. The first-order chi connectivity index (χ1) is 10.2. The van der Waals surface area contributed by atoms with Crippen LogP contribution in [0.4, 0.5) is 5.69 Å². The summed E-state index contributed by atoms with van der Waals surface area (Å²) in [5.41, 5.74) is 8.32. The molecule has 0 saturated carbocycles. The zero-order valence-electron chi connectivity index (χ0n) is 11.3. The van der Waals surface area contributed by atoms with Crippen molar-refractivity contribution in [2.45, 2.75) is 12.8 Å². The standard InChI is InChI=1S/C16H14ClN3O/c17-13-8-12(9-14(18)10-13)16-19-15(20-21-16)7-6-11-4-2-1-3-5-11/h1-5,8-10H,6-7,18H2. The number of aryl methyl sites for hydroxylation is 2. The maximum Gasteiger partial charge on any atom is 0.258 e. The lowest BCUT2D eigenvalue weighted by Crippen LogP contribution is -1.93. The molecule has 106 valence electrons. The van der Waals surface area contributed by atoms with Gasteiger partial charge in [0.2, 0.25) is 0 Å². The van der Waals surface area contributed by atoms with Gasteiger partial charge in [0, 0.05) is 22.7 Å². The molecule has 0 atom stereocenters. The van der Waals surface area contributed by atoms with Gasteiger partial charge in [-0.25, -0.2) is 0 Å². The molecule has 0 radical (unpaired) electrons. The van der Waals surface area contributed by atoms with Crippen molar-refractivity contribution in [1.82, 2.24) is 10.1 Å². The van der Waals surface area contributed by atoms with E-state index in [1.54, 1.807) is 18.2 Å². The molecule has 21 heavy (non-hydrogen) atoms. The van der Waals surface area contributed by atoms with Gasteiger partial charge >= 0.3 is 0 Å². The molecule has 5 heteroatoms. The van der Waals surface area contributed by atoms with E-state index < -0.39 is 0 Å². The first kappa shape index (κ1) is 13.6. The zero-order valence-corrected chi connectivity index (χ0v) is 12.0. The minimum Gasteiger partial charge on any atom is -0.399 e. The van der Waals surface area contributed by atoms with Crippen LogP contribution >= 0.6 is 11.6 Å². The number of hydrogen-bond donors (Lipinski definition) is 1. The van der Waals surface area contributed by atoms with Gasteiger partial charge in [0.25, 0.3) is 5.89 Å². The van der Waals surface area contributed by atoms with E-state index in [1.165, 1.54) is 5.56 Å². The number of anilines is 1. The lowest BCUT2D eigenvalue weighted by atomic mass is 10.1. The van der Waals surface area contributed by atoms with Crippen LogP contribution in [0.25, 0.3) is 11.5 Å². The van der Waals surface area contributed by atoms with Crippen LogP contribution in [-0.4, -0.2) is 10.1 Å². The Kier molecular flexibility index (Phi) is 3.88. The van der Waals surface area contributed by atoms with Crippen molar-refractivity contribution in [2.24, 2.45) is 0 Å². The van der Waals surface area contributed by atoms with E-state index in [4.69, 9.17) is 21.9 Å². The van der Waals surface area contributed by atoms with E-state index in [0.29, 0.717) is 22.4 Å². The highest BCUT2D eigenvalue weighted by Gasteiger charge is 2.10. The van der Waals surface area contributed by atoms with E-state index in [2.05, 4.69) is 22.3 Å². The fourth-order valence-electron chi connectivity index (χ4n) is 2.11. The lowest BCUT2D eigenvalue weighted by Gasteiger charge is -1.98. The van der Waals surface area contributed by atoms with E-state index in [-0.39, 0.29) is 0 Å². The zero-order chi connectivity index (χ0) is 14.7. The van der Waals surface area contributed by atoms with Gasteiger partial charge in [-0.2, -0.15) is 4.98 Å². The highest BCUT2D eigenvalue weighted by molar-refractivity contribution is 6.31. The Bertz CT molecular complexity index is 720. The van der Waals surface area contributed by atoms with E-state index in [9.17, 15) is 0 Å². The Morgan fingerprint density at radius 1 is 1.05 bits per heavy atom. The molecule has 0 saturated heterocycles. The average Bonchev–Trinajstić information content (AvgIpc) is 2.94. The molecule has 1 heterocycles. The van der Waals surface area contributed by atoms with Crippen molar-refractivity contribution >= 4 is 17.3 Å². The molecule has 4 nitrogen and oxygen atoms in total. The summed E-state index contributed by atoms with van der Waals surface area (Å²) < 4.78 is 5.27. The molecule has 0 spiro atoms. The first-order valence-electron chi connectivity index (χ1n) is 6.64. The topological polar surface area (TPSA) is 64.9 Å². The van der Waals surface area contributed by atoms with Crippen molar-refractivity contribution in [3.63, 3.8) is 0 Å². The molecule has 0 aliphatic heterocycles. The Hall–Kier alpha value is -2.33. The number of benzene rings is 2. The van der Waals surface area contributed by atoms with Crippen LogP contribution in [0.2, 0.25) is 5.02 Å². The van der Waals surface area contributed by atoms with Crippen LogP contribution < -0.4 is 5.73 Å². The number of aromatic nitrogens is 2. The Balaban J connectivity index is 1.74. The molecule has 0 unspecified atom stereocenters. The number of hydrogen-bond acceptors (Lipinski definition) is 4. The van der Waals surface area contributed by atoms with E-state index in [0.717, 1.165) is 18.4 Å². The maximum absolute atomic E-state index is 5.98. The third-order valence-corrected chi connectivity index (χ3v) is 3.33. The molecule has 0 amide bonds. The largest absolute Gasteiger partial charge is 0.399 e. The van der Waals surface area contributed by atoms with Gasteiger partial charge in [0.05, 0.1) is 0 Å². The Morgan fingerprint density at radius 2 is 1.86 bits per heavy atom. The van der Waals surface area contributed by atoms with Gasteiger partial charge in [0.1, 0.15) is 0 Å². The number of halogens is 1. The van der Waals surface area contributed by atoms with Crippen molar-refractivity contribution < 1.29 is 4.52 Å². The number of nitrogens with zero attached hydrogens (tertiary/aromatic N) is 2. The van der Waals surface area contributed by atoms with Gasteiger partial charge in [-0.3, -0.25) is 0 Å². The fourth-order valence-corrected chi connectivity index (χ4v) is 2.35. The highest BCUT2D eigenvalue weighted by Crippen LogP contribution is 2.24. The van der Waals surface area contributed by atoms with Gasteiger partial charge in [-0.15, -0.1) is 0 Å². The second-order valence-corrected chi connectivity index (χ2v) is 5.21. The third kappa shape index (κ3) is 3.41. The summed E-state index contributed by atoms with van der Waals surface area (Å²) in [4.78, 5) is 4.39. The molecule has 3 aromatic rings. The molecule has 0 aliphatic carbocycles. The average molecular weight is 300 g/mol. The minimum atomic E-state index is 0.437. The molecular formula is C16H14ClN3O. The quantitative estimate of drug-likeness (QED) is 0.745. The predicted molar refractivity (Wildman–Crippen MR) is 83.0 cm³/mol. The minimum absolute atomic E-state index is 0.437. The summed E-state index contributed by atoms with van der Waals surface area (Å²) in [6.07, 6.45) is 1.60. The molecule has 3 rings (SSSR count). The third-order valence-electron chi connectivity index (χ3n) is 3.12. The van der Waals surface area contributed by atoms with E-state index >= 15 is 0 Å². The second-order valence-electron chi connectivity index (χ2n) is 4.77. The summed E-state index contributed by atoms with van der Waals surface area (Å²) >= 11 is 5.98. The molecule has 0 fully saturated rings. The number of nitrogens with two attached hydrogens (primary N) is 1. The summed E-state index contributed by atoms with van der Waals surface area (Å²) in [7, 11) is 0. The summed E-state index contributed by atoms with van der Waals surface area (Å²) in [6, 6.07) is 15.4. The number of nitrogen functional groups attached to an aromatic ring is 1. The summed E-state index contributed by atoms with van der Waals surface area (Å²) in [6.45, 7) is 0. The number of rotatable bonds is 4. The van der Waals surface area contributed by atoms with Crippen LogP contribution in [0.3, 0.4) is 0 Å². The van der Waals surface area contributed by atoms with Crippen molar-refractivity contribution in [1.29, 1.82) is 0 Å².